The number of imide groups is 1. The van der Waals surface area contributed by atoms with Crippen LogP contribution in [0.3, 0.4) is 0 Å². The van der Waals surface area contributed by atoms with Crippen molar-refractivity contribution in [3.63, 3.8) is 0 Å². The summed E-state index contributed by atoms with van der Waals surface area (Å²) in [6.07, 6.45) is 0.540. The summed E-state index contributed by atoms with van der Waals surface area (Å²) in [5.41, 5.74) is 3.86. The van der Waals surface area contributed by atoms with E-state index < -0.39 is 11.9 Å². The molecule has 2 aromatic rings. The molecule has 1 fully saturated rings. The number of rotatable bonds is 4. The Labute approximate surface area is 197 Å². The maximum atomic E-state index is 12.9. The summed E-state index contributed by atoms with van der Waals surface area (Å²) in [4.78, 5) is 54.0. The highest BCUT2D eigenvalue weighted by atomic mass is 35.5. The summed E-state index contributed by atoms with van der Waals surface area (Å²) < 4.78 is 0. The summed E-state index contributed by atoms with van der Waals surface area (Å²) in [5, 5.41) is 2.90. The molecule has 8 nitrogen and oxygen atoms in total. The zero-order chi connectivity index (χ0) is 23.9. The molecule has 2 heterocycles. The molecule has 2 aromatic carbocycles. The quantitative estimate of drug-likeness (QED) is 0.698. The van der Waals surface area contributed by atoms with Gasteiger partial charge in [-0.05, 0) is 48.2 Å². The number of halogens is 1. The zero-order valence-corrected chi connectivity index (χ0v) is 19.5. The second-order valence-corrected chi connectivity index (χ2v) is 8.93. The van der Waals surface area contributed by atoms with E-state index in [0.29, 0.717) is 35.8 Å². The molecule has 1 saturated heterocycles. The van der Waals surface area contributed by atoms with Gasteiger partial charge >= 0.3 is 6.03 Å². The number of nitrogens with zero attached hydrogens (tertiary/aromatic N) is 3. The molecule has 172 valence electrons. The fraction of sp³-hybridized carbons (Fsp3) is 0.333. The Hall–Kier alpha value is -3.39. The van der Waals surface area contributed by atoms with Crippen LogP contribution in [0.25, 0.3) is 0 Å². The summed E-state index contributed by atoms with van der Waals surface area (Å²) >= 11 is 6.20. The predicted molar refractivity (Wildman–Crippen MR) is 124 cm³/mol. The maximum absolute atomic E-state index is 12.9. The molecular formula is C24H25ClN4O4. The number of hydrogen-bond acceptors (Lipinski definition) is 4. The molecule has 1 N–H and O–H groups in total. The number of piperidine rings is 1. The van der Waals surface area contributed by atoms with Gasteiger partial charge in [-0.1, -0.05) is 29.8 Å². The van der Waals surface area contributed by atoms with Crippen LogP contribution in [0.5, 0.6) is 0 Å². The Kier molecular flexibility index (Phi) is 6.12. The Balaban J connectivity index is 1.45. The van der Waals surface area contributed by atoms with Gasteiger partial charge in [-0.15, -0.1) is 0 Å². The lowest BCUT2D eigenvalue weighted by atomic mass is 10.0. The molecule has 2 aliphatic rings. The van der Waals surface area contributed by atoms with Gasteiger partial charge in [-0.25, -0.2) is 4.79 Å². The summed E-state index contributed by atoms with van der Waals surface area (Å²) in [6, 6.07) is 10.1. The number of urea groups is 1. The van der Waals surface area contributed by atoms with Gasteiger partial charge in [0.15, 0.2) is 0 Å². The van der Waals surface area contributed by atoms with Crippen molar-refractivity contribution in [2.45, 2.75) is 38.9 Å². The molecule has 1 unspecified atom stereocenters. The zero-order valence-electron chi connectivity index (χ0n) is 18.7. The number of carbonyl (C=O) groups excluding carboxylic acids is 4. The van der Waals surface area contributed by atoms with Crippen LogP contribution >= 0.6 is 11.6 Å². The van der Waals surface area contributed by atoms with Crippen LogP contribution in [0.1, 0.15) is 39.9 Å². The predicted octanol–water partition coefficient (Wildman–Crippen LogP) is 3.10. The van der Waals surface area contributed by atoms with E-state index in [2.05, 4.69) is 5.32 Å². The lowest BCUT2D eigenvalue weighted by molar-refractivity contribution is -0.136. The molecule has 33 heavy (non-hydrogen) atoms. The third-order valence-electron chi connectivity index (χ3n) is 6.16. The van der Waals surface area contributed by atoms with Crippen molar-refractivity contribution in [1.29, 1.82) is 0 Å². The number of nitrogens with one attached hydrogen (secondary N) is 1. The lowest BCUT2D eigenvalue weighted by Gasteiger charge is -2.29. The van der Waals surface area contributed by atoms with Crippen molar-refractivity contribution in [2.75, 3.05) is 19.0 Å². The van der Waals surface area contributed by atoms with E-state index in [-0.39, 0.29) is 24.3 Å². The van der Waals surface area contributed by atoms with Crippen molar-refractivity contribution in [3.8, 4) is 0 Å². The molecular weight excluding hydrogens is 444 g/mol. The minimum atomic E-state index is -0.648. The summed E-state index contributed by atoms with van der Waals surface area (Å²) in [5.74, 6) is -0.961. The first-order chi connectivity index (χ1) is 15.7. The Bertz CT molecular complexity index is 1170. The number of aryl methyl sites for hydroxylation is 1. The summed E-state index contributed by atoms with van der Waals surface area (Å²) in [7, 11) is 3.40. The Morgan fingerprint density at radius 1 is 1.15 bits per heavy atom. The lowest BCUT2D eigenvalue weighted by Crippen LogP contribution is -2.52. The standard InChI is InChI=1S/C24H25ClN4O4/c1-14-4-6-17(11-19(14)25)28(3)24(33)27(2)12-15-5-7-18-16(10-15)13-29(23(18)32)20-8-9-21(30)26-22(20)31/h4-7,10-11,20H,8-9,12-13H2,1-3H3,(H,26,30,31). The largest absolute Gasteiger partial charge is 0.324 e. The minimum absolute atomic E-state index is 0.198. The average molecular weight is 469 g/mol. The molecule has 0 aliphatic carbocycles. The molecule has 1 atom stereocenters. The van der Waals surface area contributed by atoms with Gasteiger partial charge in [0, 0.05) is 49.9 Å². The van der Waals surface area contributed by atoms with E-state index in [0.717, 1.165) is 16.7 Å². The molecule has 4 rings (SSSR count). The van der Waals surface area contributed by atoms with Crippen LogP contribution in [0.4, 0.5) is 10.5 Å². The topological polar surface area (TPSA) is 90.0 Å². The number of carbonyl (C=O) groups is 4. The average Bonchev–Trinajstić information content (AvgIpc) is 3.10. The van der Waals surface area contributed by atoms with Gasteiger partial charge in [-0.2, -0.15) is 0 Å². The van der Waals surface area contributed by atoms with Gasteiger partial charge in [0.05, 0.1) is 0 Å². The van der Waals surface area contributed by atoms with Crippen molar-refractivity contribution >= 4 is 41.0 Å². The molecule has 2 aliphatic heterocycles. The van der Waals surface area contributed by atoms with E-state index in [1.54, 1.807) is 31.1 Å². The number of fused-ring (bicyclic) bond motifs is 1. The first-order valence-corrected chi connectivity index (χ1v) is 11.0. The van der Waals surface area contributed by atoms with E-state index >= 15 is 0 Å². The van der Waals surface area contributed by atoms with Crippen LogP contribution in [0.2, 0.25) is 5.02 Å². The second kappa shape index (κ2) is 8.86. The molecule has 0 aromatic heterocycles. The Morgan fingerprint density at radius 2 is 1.91 bits per heavy atom. The second-order valence-electron chi connectivity index (χ2n) is 8.52. The van der Waals surface area contributed by atoms with Crippen molar-refractivity contribution in [2.24, 2.45) is 0 Å². The van der Waals surface area contributed by atoms with Gasteiger partial charge in [0.25, 0.3) is 5.91 Å². The number of hydrogen-bond donors (Lipinski definition) is 1. The molecule has 9 heteroatoms. The number of benzene rings is 2. The van der Waals surface area contributed by atoms with Crippen molar-refractivity contribution in [1.82, 2.24) is 15.1 Å². The van der Waals surface area contributed by atoms with E-state index in [1.807, 2.05) is 31.2 Å². The van der Waals surface area contributed by atoms with Crippen LogP contribution in [-0.4, -0.2) is 53.7 Å². The van der Waals surface area contributed by atoms with E-state index in [4.69, 9.17) is 11.6 Å². The highest BCUT2D eigenvalue weighted by Gasteiger charge is 2.39. The monoisotopic (exact) mass is 468 g/mol. The fourth-order valence-electron chi connectivity index (χ4n) is 4.22. The van der Waals surface area contributed by atoms with E-state index in [9.17, 15) is 19.2 Å². The normalized spacial score (nSPS) is 17.6. The Morgan fingerprint density at radius 3 is 2.61 bits per heavy atom. The summed E-state index contributed by atoms with van der Waals surface area (Å²) in [6.45, 7) is 2.55. The van der Waals surface area contributed by atoms with E-state index in [1.165, 1.54) is 9.80 Å². The van der Waals surface area contributed by atoms with Gasteiger partial charge in [0.1, 0.15) is 6.04 Å². The first-order valence-electron chi connectivity index (χ1n) is 10.7. The molecule has 0 saturated carbocycles. The van der Waals surface area contributed by atoms with Gasteiger partial charge < -0.3 is 9.80 Å². The molecule has 0 spiro atoms. The maximum Gasteiger partial charge on any atom is 0.324 e. The van der Waals surface area contributed by atoms with Crippen LogP contribution in [-0.2, 0) is 22.7 Å². The molecule has 5 amide bonds. The third kappa shape index (κ3) is 4.43. The highest BCUT2D eigenvalue weighted by molar-refractivity contribution is 6.31. The van der Waals surface area contributed by atoms with Gasteiger partial charge in [-0.3, -0.25) is 24.6 Å². The van der Waals surface area contributed by atoms with Crippen molar-refractivity contribution in [3.05, 3.63) is 63.7 Å². The van der Waals surface area contributed by atoms with Crippen molar-refractivity contribution < 1.29 is 19.2 Å². The third-order valence-corrected chi connectivity index (χ3v) is 6.57. The highest BCUT2D eigenvalue weighted by Crippen LogP contribution is 2.29. The smallest absolute Gasteiger partial charge is 0.323 e. The SMILES string of the molecule is Cc1ccc(N(C)C(=O)N(C)Cc2ccc3c(c2)CN(C2CCC(=O)NC2=O)C3=O)cc1Cl. The van der Waals surface area contributed by atoms with Crippen LogP contribution in [0, 0.1) is 6.92 Å². The minimum Gasteiger partial charge on any atom is -0.323 e. The molecule has 0 radical (unpaired) electrons. The first kappa shape index (κ1) is 22.8. The van der Waals surface area contributed by atoms with Gasteiger partial charge in [0.2, 0.25) is 11.8 Å². The molecule has 0 bridgehead atoms. The van der Waals surface area contributed by atoms with Crippen LogP contribution < -0.4 is 10.2 Å². The number of amides is 5. The fourth-order valence-corrected chi connectivity index (χ4v) is 4.40. The number of anilines is 1. The van der Waals surface area contributed by atoms with Crippen LogP contribution in [0.15, 0.2) is 36.4 Å².